The van der Waals surface area contributed by atoms with Crippen LogP contribution in [-0.4, -0.2) is 24.5 Å². The van der Waals surface area contributed by atoms with E-state index < -0.39 is 18.0 Å². The van der Waals surface area contributed by atoms with Gasteiger partial charge in [0.2, 0.25) is 5.91 Å². The van der Waals surface area contributed by atoms with E-state index >= 15 is 0 Å². The Balaban J connectivity index is 1.83. The molecule has 0 radical (unpaired) electrons. The molecule has 0 aromatic heterocycles. The number of carbonyl (C=O) groups excluding carboxylic acids is 2. The number of para-hydroxylation sites is 1. The summed E-state index contributed by atoms with van der Waals surface area (Å²) >= 11 is 0. The van der Waals surface area contributed by atoms with Crippen molar-refractivity contribution >= 4 is 17.6 Å². The summed E-state index contributed by atoms with van der Waals surface area (Å²) in [6.45, 7) is 6.18. The minimum Gasteiger partial charge on any atom is -0.457 e. The fraction of sp³-hybridized carbons (Fsp3) is 0.300. The molecule has 0 aliphatic carbocycles. The number of imide groups is 1. The molecule has 2 aromatic rings. The minimum absolute atomic E-state index is 0.322. The monoisotopic (exact) mass is 355 g/mol. The van der Waals surface area contributed by atoms with E-state index in [-0.39, 0.29) is 0 Å². The zero-order valence-corrected chi connectivity index (χ0v) is 15.3. The summed E-state index contributed by atoms with van der Waals surface area (Å²) in [5, 5.41) is 8.03. The van der Waals surface area contributed by atoms with E-state index in [0.717, 1.165) is 11.4 Å². The van der Waals surface area contributed by atoms with Crippen molar-refractivity contribution in [3.05, 3.63) is 54.6 Å². The Morgan fingerprint density at radius 2 is 1.54 bits per heavy atom. The van der Waals surface area contributed by atoms with Gasteiger partial charge in [-0.25, -0.2) is 4.79 Å². The van der Waals surface area contributed by atoms with E-state index in [1.54, 1.807) is 6.92 Å². The maximum Gasteiger partial charge on any atom is 0.321 e. The van der Waals surface area contributed by atoms with Crippen LogP contribution in [0.25, 0.3) is 0 Å². The van der Waals surface area contributed by atoms with Gasteiger partial charge in [-0.2, -0.15) is 0 Å². The molecule has 1 atom stereocenters. The Hall–Kier alpha value is -3.02. The molecule has 3 amide bonds. The first-order chi connectivity index (χ1) is 12.4. The van der Waals surface area contributed by atoms with Gasteiger partial charge in [0.05, 0.1) is 0 Å². The second-order valence-corrected chi connectivity index (χ2v) is 6.40. The molecule has 1 unspecified atom stereocenters. The normalized spacial score (nSPS) is 11.5. The molecule has 0 saturated heterocycles. The fourth-order valence-electron chi connectivity index (χ4n) is 2.12. The minimum atomic E-state index is -0.555. The zero-order chi connectivity index (χ0) is 18.9. The van der Waals surface area contributed by atoms with E-state index in [2.05, 4.69) is 16.0 Å². The molecule has 0 aliphatic heterocycles. The lowest BCUT2D eigenvalue weighted by Crippen LogP contribution is -2.46. The SMILES string of the molecule is CC(C)CNC(=O)NC(=O)C(C)Nc1ccc(Oc2ccccc2)cc1. The lowest BCUT2D eigenvalue weighted by atomic mass is 10.2. The fourth-order valence-corrected chi connectivity index (χ4v) is 2.12. The molecule has 0 spiro atoms. The maximum atomic E-state index is 12.1. The lowest BCUT2D eigenvalue weighted by Gasteiger charge is -2.16. The molecule has 6 heteroatoms. The van der Waals surface area contributed by atoms with Gasteiger partial charge >= 0.3 is 6.03 Å². The summed E-state index contributed by atoms with van der Waals surface area (Å²) in [5.74, 6) is 1.39. The van der Waals surface area contributed by atoms with Gasteiger partial charge in [0, 0.05) is 12.2 Å². The van der Waals surface area contributed by atoms with Crippen LogP contribution in [0.4, 0.5) is 10.5 Å². The average Bonchev–Trinajstić information content (AvgIpc) is 2.62. The number of amides is 3. The Morgan fingerprint density at radius 3 is 2.15 bits per heavy atom. The average molecular weight is 355 g/mol. The molecule has 0 aliphatic rings. The van der Waals surface area contributed by atoms with Crippen LogP contribution >= 0.6 is 0 Å². The number of ether oxygens (including phenoxy) is 1. The second kappa shape index (κ2) is 9.46. The largest absolute Gasteiger partial charge is 0.457 e. The number of benzene rings is 2. The van der Waals surface area contributed by atoms with Crippen LogP contribution in [0, 0.1) is 5.92 Å². The quantitative estimate of drug-likeness (QED) is 0.706. The van der Waals surface area contributed by atoms with Crippen molar-refractivity contribution in [1.82, 2.24) is 10.6 Å². The van der Waals surface area contributed by atoms with E-state index in [4.69, 9.17) is 4.74 Å². The highest BCUT2D eigenvalue weighted by Crippen LogP contribution is 2.22. The molecule has 2 rings (SSSR count). The number of nitrogens with one attached hydrogen (secondary N) is 3. The number of carbonyl (C=O) groups is 2. The van der Waals surface area contributed by atoms with Crippen molar-refractivity contribution in [2.24, 2.45) is 5.92 Å². The van der Waals surface area contributed by atoms with Gasteiger partial charge in [0.1, 0.15) is 17.5 Å². The number of hydrogen-bond donors (Lipinski definition) is 3. The Morgan fingerprint density at radius 1 is 0.923 bits per heavy atom. The van der Waals surface area contributed by atoms with E-state index in [1.165, 1.54) is 0 Å². The van der Waals surface area contributed by atoms with Crippen LogP contribution in [-0.2, 0) is 4.79 Å². The predicted octanol–water partition coefficient (Wildman–Crippen LogP) is 3.76. The molecule has 2 aromatic carbocycles. The predicted molar refractivity (Wildman–Crippen MR) is 102 cm³/mol. The Labute approximate surface area is 153 Å². The third kappa shape index (κ3) is 6.47. The van der Waals surface area contributed by atoms with Gasteiger partial charge in [0.15, 0.2) is 0 Å². The van der Waals surface area contributed by atoms with Crippen LogP contribution in [0.2, 0.25) is 0 Å². The topological polar surface area (TPSA) is 79.5 Å². The van der Waals surface area contributed by atoms with E-state index in [9.17, 15) is 9.59 Å². The summed E-state index contributed by atoms with van der Waals surface area (Å²) in [5.41, 5.74) is 0.760. The zero-order valence-electron chi connectivity index (χ0n) is 15.3. The van der Waals surface area contributed by atoms with Gasteiger partial charge < -0.3 is 15.4 Å². The molecular weight excluding hydrogens is 330 g/mol. The molecule has 0 fully saturated rings. The number of hydrogen-bond acceptors (Lipinski definition) is 4. The van der Waals surface area contributed by atoms with Gasteiger partial charge in [-0.05, 0) is 49.2 Å². The van der Waals surface area contributed by atoms with Crippen molar-refractivity contribution in [2.75, 3.05) is 11.9 Å². The van der Waals surface area contributed by atoms with Crippen molar-refractivity contribution in [3.63, 3.8) is 0 Å². The molecule has 3 N–H and O–H groups in total. The van der Waals surface area contributed by atoms with Crippen LogP contribution in [0.5, 0.6) is 11.5 Å². The van der Waals surface area contributed by atoms with E-state index in [0.29, 0.717) is 18.2 Å². The first-order valence-corrected chi connectivity index (χ1v) is 8.62. The van der Waals surface area contributed by atoms with Crippen molar-refractivity contribution in [3.8, 4) is 11.5 Å². The highest BCUT2D eigenvalue weighted by Gasteiger charge is 2.15. The van der Waals surface area contributed by atoms with Gasteiger partial charge in [-0.3, -0.25) is 10.1 Å². The standard InChI is InChI=1S/C20H25N3O3/c1-14(2)13-21-20(25)23-19(24)15(3)22-16-9-11-18(12-10-16)26-17-7-5-4-6-8-17/h4-12,14-15,22H,13H2,1-3H3,(H2,21,23,24,25). The lowest BCUT2D eigenvalue weighted by molar-refractivity contribution is -0.120. The third-order valence-electron chi connectivity index (χ3n) is 3.52. The van der Waals surface area contributed by atoms with Crippen molar-refractivity contribution in [1.29, 1.82) is 0 Å². The first-order valence-electron chi connectivity index (χ1n) is 8.62. The molecule has 0 saturated carbocycles. The number of rotatable bonds is 7. The summed E-state index contributed by atoms with van der Waals surface area (Å²) in [4.78, 5) is 23.7. The molecular formula is C20H25N3O3. The Bertz CT molecular complexity index is 715. The van der Waals surface area contributed by atoms with Gasteiger partial charge in [0.25, 0.3) is 0 Å². The highest BCUT2D eigenvalue weighted by atomic mass is 16.5. The van der Waals surface area contributed by atoms with Crippen LogP contribution in [0.3, 0.4) is 0 Å². The molecule has 6 nitrogen and oxygen atoms in total. The third-order valence-corrected chi connectivity index (χ3v) is 3.52. The summed E-state index contributed by atoms with van der Waals surface area (Å²) in [6, 6.07) is 15.7. The summed E-state index contributed by atoms with van der Waals surface area (Å²) in [7, 11) is 0. The Kier molecular flexibility index (Phi) is 7.02. The first kappa shape index (κ1) is 19.3. The molecule has 0 bridgehead atoms. The van der Waals surface area contributed by atoms with Crippen LogP contribution in [0.1, 0.15) is 20.8 Å². The highest BCUT2D eigenvalue weighted by molar-refractivity contribution is 5.97. The number of urea groups is 1. The molecule has 26 heavy (non-hydrogen) atoms. The van der Waals surface area contributed by atoms with Gasteiger partial charge in [-0.15, -0.1) is 0 Å². The molecule has 138 valence electrons. The van der Waals surface area contributed by atoms with E-state index in [1.807, 2.05) is 68.4 Å². The maximum absolute atomic E-state index is 12.1. The van der Waals surface area contributed by atoms with Crippen LogP contribution in [0.15, 0.2) is 54.6 Å². The molecule has 0 heterocycles. The van der Waals surface area contributed by atoms with Gasteiger partial charge in [-0.1, -0.05) is 32.0 Å². The van der Waals surface area contributed by atoms with Crippen LogP contribution < -0.4 is 20.7 Å². The van der Waals surface area contributed by atoms with Crippen molar-refractivity contribution < 1.29 is 14.3 Å². The summed E-state index contributed by atoms with van der Waals surface area (Å²) in [6.07, 6.45) is 0. The summed E-state index contributed by atoms with van der Waals surface area (Å²) < 4.78 is 5.72. The van der Waals surface area contributed by atoms with Crippen molar-refractivity contribution in [2.45, 2.75) is 26.8 Å². The number of anilines is 1. The second-order valence-electron chi connectivity index (χ2n) is 6.40. The smallest absolute Gasteiger partial charge is 0.321 e.